The Morgan fingerprint density at radius 1 is 1.53 bits per heavy atom. The molecule has 1 aliphatic heterocycles. The van der Waals surface area contributed by atoms with Crippen LogP contribution in [0.25, 0.3) is 0 Å². The normalized spacial score (nSPS) is 15.8. The van der Waals surface area contributed by atoms with E-state index in [9.17, 15) is 4.79 Å². The molecule has 0 spiro atoms. The van der Waals surface area contributed by atoms with Crippen molar-refractivity contribution in [3.05, 3.63) is 17.3 Å². The molecule has 5 nitrogen and oxygen atoms in total. The van der Waals surface area contributed by atoms with Crippen molar-refractivity contribution in [1.29, 1.82) is 0 Å². The predicted octanol–water partition coefficient (Wildman–Crippen LogP) is 1.10. The molecule has 0 aliphatic carbocycles. The maximum absolute atomic E-state index is 10.9. The van der Waals surface area contributed by atoms with Crippen molar-refractivity contribution < 1.29 is 4.79 Å². The van der Waals surface area contributed by atoms with Crippen LogP contribution in [0.2, 0.25) is 5.02 Å². The van der Waals surface area contributed by atoms with Gasteiger partial charge in [-0.1, -0.05) is 11.6 Å². The van der Waals surface area contributed by atoms with Crippen LogP contribution in [0.5, 0.6) is 0 Å². The van der Waals surface area contributed by atoms with E-state index in [1.165, 1.54) is 6.92 Å². The maximum Gasteiger partial charge on any atom is 0.221 e. The number of rotatable bonds is 2. The topological polar surface area (TPSA) is 57.3 Å². The van der Waals surface area contributed by atoms with E-state index >= 15 is 0 Å². The maximum atomic E-state index is 10.9. The van der Waals surface area contributed by atoms with Crippen LogP contribution in [0.1, 0.15) is 6.92 Å². The molecular weight excluding hydrogens is 240 g/mol. The molecule has 0 atom stereocenters. The van der Waals surface area contributed by atoms with Crippen molar-refractivity contribution in [2.75, 3.05) is 36.4 Å². The first-order valence-electron chi connectivity index (χ1n) is 5.55. The molecule has 2 rings (SSSR count). The fourth-order valence-electron chi connectivity index (χ4n) is 1.81. The number of pyridine rings is 1. The van der Waals surface area contributed by atoms with Crippen molar-refractivity contribution in [2.45, 2.75) is 6.92 Å². The summed E-state index contributed by atoms with van der Waals surface area (Å²) in [5, 5.41) is 6.50. The minimum absolute atomic E-state index is 0.127. The van der Waals surface area contributed by atoms with Crippen LogP contribution >= 0.6 is 11.6 Å². The second-order valence-electron chi connectivity index (χ2n) is 3.95. The highest BCUT2D eigenvalue weighted by Crippen LogP contribution is 2.26. The Kier molecular flexibility index (Phi) is 3.81. The van der Waals surface area contributed by atoms with Gasteiger partial charge in [0, 0.05) is 33.1 Å². The van der Waals surface area contributed by atoms with Gasteiger partial charge < -0.3 is 15.5 Å². The van der Waals surface area contributed by atoms with Gasteiger partial charge in [0.05, 0.1) is 16.9 Å². The highest BCUT2D eigenvalue weighted by atomic mass is 35.5. The van der Waals surface area contributed by atoms with Gasteiger partial charge in [-0.2, -0.15) is 0 Å². The molecule has 17 heavy (non-hydrogen) atoms. The Morgan fingerprint density at radius 3 is 2.82 bits per heavy atom. The van der Waals surface area contributed by atoms with E-state index in [-0.39, 0.29) is 5.91 Å². The zero-order valence-electron chi connectivity index (χ0n) is 9.66. The Hall–Kier alpha value is -1.33. The zero-order valence-corrected chi connectivity index (χ0v) is 10.4. The molecule has 0 unspecified atom stereocenters. The van der Waals surface area contributed by atoms with Gasteiger partial charge >= 0.3 is 0 Å². The Bertz CT molecular complexity index is 418. The van der Waals surface area contributed by atoms with Gasteiger partial charge in [0.1, 0.15) is 5.82 Å². The van der Waals surface area contributed by atoms with Crippen molar-refractivity contribution in [3.63, 3.8) is 0 Å². The van der Waals surface area contributed by atoms with Crippen molar-refractivity contribution >= 4 is 29.0 Å². The van der Waals surface area contributed by atoms with Crippen LogP contribution in [0, 0.1) is 0 Å². The molecule has 0 bridgehead atoms. The third-order valence-corrected chi connectivity index (χ3v) is 2.84. The first kappa shape index (κ1) is 12.1. The van der Waals surface area contributed by atoms with E-state index in [1.54, 1.807) is 12.3 Å². The average molecular weight is 255 g/mol. The Morgan fingerprint density at radius 2 is 2.24 bits per heavy atom. The van der Waals surface area contributed by atoms with Gasteiger partial charge in [-0.05, 0) is 6.07 Å². The summed E-state index contributed by atoms with van der Waals surface area (Å²) in [6.45, 7) is 5.12. The lowest BCUT2D eigenvalue weighted by Gasteiger charge is -2.29. The highest BCUT2D eigenvalue weighted by Gasteiger charge is 2.15. The lowest BCUT2D eigenvalue weighted by molar-refractivity contribution is -0.114. The first-order chi connectivity index (χ1) is 8.16. The molecule has 1 amide bonds. The quantitative estimate of drug-likeness (QED) is 0.830. The number of aromatic nitrogens is 1. The van der Waals surface area contributed by atoms with Crippen LogP contribution in [-0.2, 0) is 4.79 Å². The predicted molar refractivity (Wildman–Crippen MR) is 68.6 cm³/mol. The standard InChI is InChI=1S/C11H15ClN4O/c1-8(17)15-9-6-10(12)11(14-7-9)16-4-2-13-3-5-16/h6-7,13H,2-5H2,1H3,(H,15,17). The third kappa shape index (κ3) is 3.08. The number of amides is 1. The molecule has 0 radical (unpaired) electrons. The van der Waals surface area contributed by atoms with Crippen molar-refractivity contribution in [1.82, 2.24) is 10.3 Å². The smallest absolute Gasteiger partial charge is 0.221 e. The Labute approximate surface area is 105 Å². The molecule has 2 N–H and O–H groups in total. The third-order valence-electron chi connectivity index (χ3n) is 2.56. The monoisotopic (exact) mass is 254 g/mol. The van der Waals surface area contributed by atoms with Gasteiger partial charge in [0.2, 0.25) is 5.91 Å². The van der Waals surface area contributed by atoms with Gasteiger partial charge in [-0.3, -0.25) is 4.79 Å². The summed E-state index contributed by atoms with van der Waals surface area (Å²) in [6.07, 6.45) is 1.63. The summed E-state index contributed by atoms with van der Waals surface area (Å²) < 4.78 is 0. The molecule has 2 heterocycles. The van der Waals surface area contributed by atoms with Gasteiger partial charge in [-0.25, -0.2) is 4.98 Å². The number of nitrogens with one attached hydrogen (secondary N) is 2. The second kappa shape index (κ2) is 5.33. The minimum atomic E-state index is -0.127. The minimum Gasteiger partial charge on any atom is -0.353 e. The zero-order chi connectivity index (χ0) is 12.3. The lowest BCUT2D eigenvalue weighted by atomic mass is 10.3. The van der Waals surface area contributed by atoms with E-state index < -0.39 is 0 Å². The fourth-order valence-corrected chi connectivity index (χ4v) is 2.10. The second-order valence-corrected chi connectivity index (χ2v) is 4.35. The van der Waals surface area contributed by atoms with Crippen LogP contribution in [0.3, 0.4) is 0 Å². The summed E-state index contributed by atoms with van der Waals surface area (Å²) >= 11 is 6.17. The molecule has 1 fully saturated rings. The summed E-state index contributed by atoms with van der Waals surface area (Å²) in [5.41, 5.74) is 0.626. The van der Waals surface area contributed by atoms with Crippen LogP contribution in [-0.4, -0.2) is 37.1 Å². The van der Waals surface area contributed by atoms with E-state index in [1.807, 2.05) is 0 Å². The molecule has 0 aromatic carbocycles. The number of hydrogen-bond donors (Lipinski definition) is 2. The van der Waals surface area contributed by atoms with E-state index in [2.05, 4.69) is 20.5 Å². The number of carbonyl (C=O) groups is 1. The number of nitrogens with zero attached hydrogens (tertiary/aromatic N) is 2. The van der Waals surface area contributed by atoms with Crippen LogP contribution in [0.15, 0.2) is 12.3 Å². The number of anilines is 2. The van der Waals surface area contributed by atoms with Gasteiger partial charge in [0.15, 0.2) is 0 Å². The molecule has 0 saturated carbocycles. The molecule has 1 aromatic heterocycles. The van der Waals surface area contributed by atoms with Gasteiger partial charge in [-0.15, -0.1) is 0 Å². The van der Waals surface area contributed by atoms with Crippen LogP contribution in [0.4, 0.5) is 11.5 Å². The molecule has 1 aliphatic rings. The first-order valence-corrected chi connectivity index (χ1v) is 5.93. The molecular formula is C11H15ClN4O. The summed E-state index contributed by atoms with van der Waals surface area (Å²) in [4.78, 5) is 17.4. The molecule has 6 heteroatoms. The van der Waals surface area contributed by atoms with E-state index in [0.29, 0.717) is 10.7 Å². The molecule has 1 aromatic rings. The number of hydrogen-bond acceptors (Lipinski definition) is 4. The average Bonchev–Trinajstić information content (AvgIpc) is 2.29. The fraction of sp³-hybridized carbons (Fsp3) is 0.455. The largest absolute Gasteiger partial charge is 0.353 e. The highest BCUT2D eigenvalue weighted by molar-refractivity contribution is 6.33. The van der Waals surface area contributed by atoms with Crippen molar-refractivity contribution in [3.8, 4) is 0 Å². The molecule has 1 saturated heterocycles. The lowest BCUT2D eigenvalue weighted by Crippen LogP contribution is -2.44. The number of piperazine rings is 1. The number of carbonyl (C=O) groups excluding carboxylic acids is 1. The van der Waals surface area contributed by atoms with Crippen LogP contribution < -0.4 is 15.5 Å². The van der Waals surface area contributed by atoms with E-state index in [0.717, 1.165) is 32.0 Å². The molecule has 92 valence electrons. The van der Waals surface area contributed by atoms with E-state index in [4.69, 9.17) is 11.6 Å². The van der Waals surface area contributed by atoms with Gasteiger partial charge in [0.25, 0.3) is 0 Å². The Balaban J connectivity index is 2.15. The number of halogens is 1. The summed E-state index contributed by atoms with van der Waals surface area (Å²) in [6, 6.07) is 1.73. The SMILES string of the molecule is CC(=O)Nc1cnc(N2CCNCC2)c(Cl)c1. The summed E-state index contributed by atoms with van der Waals surface area (Å²) in [7, 11) is 0. The summed E-state index contributed by atoms with van der Waals surface area (Å²) in [5.74, 6) is 0.653. The van der Waals surface area contributed by atoms with Crippen molar-refractivity contribution in [2.24, 2.45) is 0 Å².